The second kappa shape index (κ2) is 11.6. The van der Waals surface area contributed by atoms with Crippen LogP contribution in [0.4, 0.5) is 11.4 Å². The van der Waals surface area contributed by atoms with Crippen molar-refractivity contribution in [3.05, 3.63) is 71.1 Å². The van der Waals surface area contributed by atoms with E-state index in [0.717, 1.165) is 60.3 Å². The highest BCUT2D eigenvalue weighted by Gasteiger charge is 2.40. The number of amides is 2. The fourth-order valence-electron chi connectivity index (χ4n) is 6.59. The summed E-state index contributed by atoms with van der Waals surface area (Å²) in [4.78, 5) is 45.4. The van der Waals surface area contributed by atoms with Gasteiger partial charge in [0.05, 0.1) is 18.3 Å². The van der Waals surface area contributed by atoms with Crippen molar-refractivity contribution >= 4 is 40.5 Å². The van der Waals surface area contributed by atoms with Crippen molar-refractivity contribution in [2.75, 3.05) is 29.4 Å². The molecule has 1 N–H and O–H groups in total. The molecule has 2 aliphatic heterocycles. The molecule has 0 spiro atoms. The van der Waals surface area contributed by atoms with Crippen LogP contribution in [0.1, 0.15) is 60.2 Å². The largest absolute Gasteiger partial charge is 0.477 e. The molecular weight excluding hydrogens is 522 g/mol. The van der Waals surface area contributed by atoms with Gasteiger partial charge in [-0.3, -0.25) is 14.5 Å². The van der Waals surface area contributed by atoms with Gasteiger partial charge in [-0.2, -0.15) is 0 Å². The first-order valence-electron chi connectivity index (χ1n) is 14.3. The predicted molar refractivity (Wildman–Crippen MR) is 158 cm³/mol. The third kappa shape index (κ3) is 5.43. The van der Waals surface area contributed by atoms with Crippen LogP contribution in [0.15, 0.2) is 60.7 Å². The quantitative estimate of drug-likeness (QED) is 0.383. The Morgan fingerprint density at radius 2 is 1.68 bits per heavy atom. The molecule has 6 rings (SSSR count). The molecule has 3 aliphatic rings. The first kappa shape index (κ1) is 26.7. The number of hydrogen-bond acceptors (Lipinski definition) is 5. The first-order chi connectivity index (χ1) is 19.5. The second-order valence-corrected chi connectivity index (χ2v) is 12.3. The van der Waals surface area contributed by atoms with E-state index in [1.54, 1.807) is 0 Å². The summed E-state index contributed by atoms with van der Waals surface area (Å²) in [6.45, 7) is 2.36. The van der Waals surface area contributed by atoms with E-state index in [1.165, 1.54) is 17.8 Å². The van der Waals surface area contributed by atoms with Gasteiger partial charge in [-0.05, 0) is 54.5 Å². The number of nitrogens with zero attached hydrogens (tertiary/aromatic N) is 3. The van der Waals surface area contributed by atoms with Gasteiger partial charge in [0.1, 0.15) is 4.88 Å². The van der Waals surface area contributed by atoms with Crippen LogP contribution < -0.4 is 9.80 Å². The minimum absolute atomic E-state index is 0.0407. The SMILES string of the molecule is O=C(O)c1sc(-c2ccccc2)cc1N1C(=O)CN(Cc2ccc(N3CCCC3=O)cc2)C[C@H]1C1CCCCC1. The molecule has 2 aromatic carbocycles. The van der Waals surface area contributed by atoms with Crippen LogP contribution >= 0.6 is 11.3 Å². The van der Waals surface area contributed by atoms with E-state index in [9.17, 15) is 19.5 Å². The highest BCUT2D eigenvalue weighted by atomic mass is 32.1. The van der Waals surface area contributed by atoms with Crippen LogP contribution in [-0.2, 0) is 16.1 Å². The molecule has 0 unspecified atom stereocenters. The number of carbonyl (C=O) groups excluding carboxylic acids is 2. The van der Waals surface area contributed by atoms with Crippen LogP contribution in [0.3, 0.4) is 0 Å². The zero-order chi connectivity index (χ0) is 27.6. The van der Waals surface area contributed by atoms with Gasteiger partial charge in [-0.1, -0.05) is 61.7 Å². The van der Waals surface area contributed by atoms with Crippen molar-refractivity contribution in [3.63, 3.8) is 0 Å². The highest BCUT2D eigenvalue weighted by molar-refractivity contribution is 7.18. The lowest BCUT2D eigenvalue weighted by atomic mass is 9.82. The topological polar surface area (TPSA) is 81.2 Å². The van der Waals surface area contributed by atoms with Crippen LogP contribution in [0, 0.1) is 5.92 Å². The zero-order valence-corrected chi connectivity index (χ0v) is 23.4. The average molecular weight is 558 g/mol. The van der Waals surface area contributed by atoms with Gasteiger partial charge in [0.15, 0.2) is 0 Å². The Hall–Kier alpha value is -3.49. The summed E-state index contributed by atoms with van der Waals surface area (Å²) in [5.74, 6) is -0.516. The Labute approximate surface area is 239 Å². The van der Waals surface area contributed by atoms with Crippen molar-refractivity contribution in [2.45, 2.75) is 57.5 Å². The predicted octanol–water partition coefficient (Wildman–Crippen LogP) is 6.04. The number of rotatable bonds is 7. The Bertz CT molecular complexity index is 1380. The summed E-state index contributed by atoms with van der Waals surface area (Å²) in [6, 6.07) is 19.7. The Morgan fingerprint density at radius 3 is 2.35 bits per heavy atom. The summed E-state index contributed by atoms with van der Waals surface area (Å²) in [5, 5.41) is 10.1. The van der Waals surface area contributed by atoms with Crippen LogP contribution in [0.25, 0.3) is 10.4 Å². The number of carboxylic acid groups (broad SMARTS) is 1. The Balaban J connectivity index is 1.27. The first-order valence-corrected chi connectivity index (χ1v) is 15.2. The number of carbonyl (C=O) groups is 3. The molecule has 1 atom stereocenters. The summed E-state index contributed by atoms with van der Waals surface area (Å²) in [7, 11) is 0. The van der Waals surface area contributed by atoms with E-state index in [4.69, 9.17) is 0 Å². The lowest BCUT2D eigenvalue weighted by Gasteiger charge is -2.45. The molecule has 7 nitrogen and oxygen atoms in total. The molecule has 0 bridgehead atoms. The number of benzene rings is 2. The summed E-state index contributed by atoms with van der Waals surface area (Å²) in [5.41, 5.74) is 3.53. The molecule has 1 aromatic heterocycles. The Morgan fingerprint density at radius 1 is 0.925 bits per heavy atom. The Kier molecular flexibility index (Phi) is 7.71. The van der Waals surface area contributed by atoms with Crippen molar-refractivity contribution in [2.24, 2.45) is 5.92 Å². The number of carboxylic acids is 1. The number of aromatic carboxylic acids is 1. The van der Waals surface area contributed by atoms with E-state index in [2.05, 4.69) is 17.0 Å². The third-order valence-electron chi connectivity index (χ3n) is 8.55. The number of thiophene rings is 1. The molecule has 0 radical (unpaired) electrons. The number of anilines is 2. The maximum Gasteiger partial charge on any atom is 0.348 e. The molecule has 2 amide bonds. The molecule has 208 valence electrons. The fourth-order valence-corrected chi connectivity index (χ4v) is 7.59. The standard InChI is InChI=1S/C32H35N3O4S/c36-29-12-7-17-34(29)25-15-13-22(14-16-25)19-33-20-27(23-8-3-1-4-9-23)35(30(37)21-33)26-18-28(40-31(26)32(38)39)24-10-5-2-6-11-24/h2,5-6,10-11,13-16,18,23,27H,1,3-4,7-9,12,17,19-21H2,(H,38,39)/t27-/m0/s1. The van der Waals surface area contributed by atoms with Crippen molar-refractivity contribution in [1.82, 2.24) is 4.90 Å². The minimum Gasteiger partial charge on any atom is -0.477 e. The minimum atomic E-state index is -0.989. The smallest absolute Gasteiger partial charge is 0.348 e. The summed E-state index contributed by atoms with van der Waals surface area (Å²) < 4.78 is 0. The second-order valence-electron chi connectivity index (χ2n) is 11.2. The lowest BCUT2D eigenvalue weighted by molar-refractivity contribution is -0.123. The van der Waals surface area contributed by atoms with Crippen LogP contribution in [0.5, 0.6) is 0 Å². The number of piperazine rings is 1. The lowest BCUT2D eigenvalue weighted by Crippen LogP contribution is -2.59. The number of hydrogen-bond donors (Lipinski definition) is 1. The zero-order valence-electron chi connectivity index (χ0n) is 22.6. The van der Waals surface area contributed by atoms with E-state index >= 15 is 0 Å². The van der Waals surface area contributed by atoms with Crippen molar-refractivity contribution < 1.29 is 19.5 Å². The van der Waals surface area contributed by atoms with Crippen LogP contribution in [0.2, 0.25) is 0 Å². The summed E-state index contributed by atoms with van der Waals surface area (Å²) in [6.07, 6.45) is 7.12. The molecule has 3 fully saturated rings. The molecule has 1 saturated carbocycles. The fraction of sp³-hybridized carbons (Fsp3) is 0.406. The van der Waals surface area contributed by atoms with Crippen molar-refractivity contribution in [1.29, 1.82) is 0 Å². The van der Waals surface area contributed by atoms with Gasteiger partial charge in [-0.15, -0.1) is 11.3 Å². The van der Waals surface area contributed by atoms with Gasteiger partial charge in [0, 0.05) is 36.6 Å². The molecule has 40 heavy (non-hydrogen) atoms. The monoisotopic (exact) mass is 557 g/mol. The third-order valence-corrected chi connectivity index (χ3v) is 9.71. The molecule has 3 heterocycles. The van der Waals surface area contributed by atoms with E-state index in [1.807, 2.05) is 58.3 Å². The van der Waals surface area contributed by atoms with Crippen LogP contribution in [-0.4, -0.2) is 53.5 Å². The molecular formula is C32H35N3O4S. The van der Waals surface area contributed by atoms with E-state index in [0.29, 0.717) is 31.1 Å². The van der Waals surface area contributed by atoms with Gasteiger partial charge < -0.3 is 14.9 Å². The van der Waals surface area contributed by atoms with Gasteiger partial charge in [-0.25, -0.2) is 4.79 Å². The van der Waals surface area contributed by atoms with E-state index in [-0.39, 0.29) is 29.3 Å². The molecule has 1 aliphatic carbocycles. The molecule has 8 heteroatoms. The normalized spacial score (nSPS) is 20.9. The molecule has 2 saturated heterocycles. The maximum atomic E-state index is 13.9. The highest BCUT2D eigenvalue weighted by Crippen LogP contribution is 2.41. The maximum absolute atomic E-state index is 13.9. The van der Waals surface area contributed by atoms with E-state index < -0.39 is 5.97 Å². The summed E-state index contributed by atoms with van der Waals surface area (Å²) >= 11 is 1.25. The average Bonchev–Trinajstić information content (AvgIpc) is 3.61. The van der Waals surface area contributed by atoms with Gasteiger partial charge in [0.25, 0.3) is 0 Å². The van der Waals surface area contributed by atoms with Gasteiger partial charge in [0.2, 0.25) is 11.8 Å². The van der Waals surface area contributed by atoms with Crippen molar-refractivity contribution in [3.8, 4) is 10.4 Å². The van der Waals surface area contributed by atoms with Gasteiger partial charge >= 0.3 is 5.97 Å². The molecule has 3 aromatic rings.